The third kappa shape index (κ3) is 4.08. The monoisotopic (exact) mass is 502 g/mol. The van der Waals surface area contributed by atoms with E-state index in [2.05, 4.69) is 5.32 Å². The molecule has 0 bridgehead atoms. The highest BCUT2D eigenvalue weighted by Gasteiger charge is 2.51. The molecule has 35 heavy (non-hydrogen) atoms. The van der Waals surface area contributed by atoms with Crippen LogP contribution in [-0.4, -0.2) is 35.6 Å². The van der Waals surface area contributed by atoms with Crippen molar-refractivity contribution in [3.63, 3.8) is 0 Å². The summed E-state index contributed by atoms with van der Waals surface area (Å²) < 4.78 is 46.3. The Morgan fingerprint density at radius 1 is 1.23 bits per heavy atom. The number of nitriles is 1. The van der Waals surface area contributed by atoms with E-state index >= 15 is 0 Å². The van der Waals surface area contributed by atoms with Crippen LogP contribution in [0.4, 0.5) is 24.5 Å². The number of fused-ring (bicyclic) bond motifs is 1. The third-order valence-electron chi connectivity index (χ3n) is 6.14. The zero-order valence-electron chi connectivity index (χ0n) is 19.1. The Kier molecular flexibility index (Phi) is 5.97. The van der Waals surface area contributed by atoms with Crippen LogP contribution in [0.3, 0.4) is 0 Å². The van der Waals surface area contributed by atoms with Gasteiger partial charge in [0.05, 0.1) is 22.9 Å². The molecule has 2 aliphatic heterocycles. The summed E-state index contributed by atoms with van der Waals surface area (Å²) in [5.41, 5.74) is -1.55. The number of benzene rings is 2. The van der Waals surface area contributed by atoms with E-state index < -0.39 is 34.9 Å². The molecule has 0 aromatic heterocycles. The molecule has 2 heterocycles. The van der Waals surface area contributed by atoms with Gasteiger partial charge < -0.3 is 15.0 Å². The number of alkyl halides is 3. The van der Waals surface area contributed by atoms with E-state index in [1.54, 1.807) is 36.9 Å². The van der Waals surface area contributed by atoms with E-state index in [9.17, 15) is 22.8 Å². The number of thiocarbonyl (C=S) groups is 1. The van der Waals surface area contributed by atoms with E-state index in [0.29, 0.717) is 24.3 Å². The van der Waals surface area contributed by atoms with Gasteiger partial charge in [-0.1, -0.05) is 0 Å². The van der Waals surface area contributed by atoms with Gasteiger partial charge in [-0.05, 0) is 80.9 Å². The second-order valence-electron chi connectivity index (χ2n) is 8.71. The first kappa shape index (κ1) is 24.5. The molecule has 4 rings (SSSR count). The Morgan fingerprint density at radius 3 is 2.54 bits per heavy atom. The molecule has 2 aromatic carbocycles. The fourth-order valence-corrected chi connectivity index (χ4v) is 4.84. The predicted octanol–water partition coefficient (Wildman–Crippen LogP) is 3.93. The molecule has 0 aliphatic carbocycles. The lowest BCUT2D eigenvalue weighted by atomic mass is 9.98. The van der Waals surface area contributed by atoms with Gasteiger partial charge in [-0.15, -0.1) is 0 Å². The van der Waals surface area contributed by atoms with Crippen LogP contribution < -0.4 is 19.9 Å². The lowest BCUT2D eigenvalue weighted by Crippen LogP contribution is -2.44. The molecule has 11 heteroatoms. The van der Waals surface area contributed by atoms with Crippen LogP contribution in [0.25, 0.3) is 0 Å². The first-order chi connectivity index (χ1) is 16.4. The van der Waals surface area contributed by atoms with Gasteiger partial charge in [0.15, 0.2) is 11.2 Å². The summed E-state index contributed by atoms with van der Waals surface area (Å²) in [5, 5.41) is 11.7. The van der Waals surface area contributed by atoms with Gasteiger partial charge in [-0.3, -0.25) is 14.5 Å². The topological polar surface area (TPSA) is 85.7 Å². The van der Waals surface area contributed by atoms with Gasteiger partial charge in [0, 0.05) is 12.7 Å². The fourth-order valence-electron chi connectivity index (χ4n) is 4.32. The molecule has 182 valence electrons. The van der Waals surface area contributed by atoms with Crippen LogP contribution in [-0.2, 0) is 22.2 Å². The molecule has 0 saturated carbocycles. The number of carbonyl (C=O) groups is 2. The molecule has 2 aromatic rings. The highest BCUT2D eigenvalue weighted by atomic mass is 32.1. The lowest BCUT2D eigenvalue weighted by molar-refractivity contribution is -0.137. The summed E-state index contributed by atoms with van der Waals surface area (Å²) in [4.78, 5) is 27.9. The highest BCUT2D eigenvalue weighted by molar-refractivity contribution is 7.81. The summed E-state index contributed by atoms with van der Waals surface area (Å²) in [7, 11) is 1.54. The number of ether oxygens (including phenoxy) is 1. The number of hydrogen-bond acceptors (Lipinski definition) is 5. The molecule has 2 amide bonds. The molecule has 2 aliphatic rings. The Morgan fingerprint density at radius 2 is 1.91 bits per heavy atom. The number of nitrogens with zero attached hydrogens (tertiary/aromatic N) is 3. The maximum absolute atomic E-state index is 13.5. The van der Waals surface area contributed by atoms with Crippen LogP contribution >= 0.6 is 12.2 Å². The Balaban J connectivity index is 1.71. The number of anilines is 2. The first-order valence-corrected chi connectivity index (χ1v) is 11.1. The van der Waals surface area contributed by atoms with E-state index in [1.165, 1.54) is 19.2 Å². The average molecular weight is 503 g/mol. The maximum atomic E-state index is 13.5. The van der Waals surface area contributed by atoms with E-state index in [1.807, 2.05) is 0 Å². The zero-order chi connectivity index (χ0) is 25.7. The Bertz CT molecular complexity index is 1290. The van der Waals surface area contributed by atoms with Crippen molar-refractivity contribution in [1.29, 1.82) is 5.26 Å². The van der Waals surface area contributed by atoms with Gasteiger partial charge in [0.25, 0.3) is 11.8 Å². The van der Waals surface area contributed by atoms with Crippen LogP contribution in [0.5, 0.6) is 5.75 Å². The van der Waals surface area contributed by atoms with Crippen molar-refractivity contribution in [3.05, 3.63) is 53.1 Å². The van der Waals surface area contributed by atoms with Crippen molar-refractivity contribution in [2.45, 2.75) is 44.5 Å². The van der Waals surface area contributed by atoms with E-state index in [-0.39, 0.29) is 16.7 Å². The Labute approximate surface area is 205 Å². The molecular weight excluding hydrogens is 481 g/mol. The summed E-state index contributed by atoms with van der Waals surface area (Å²) in [5.74, 6) is -0.181. The molecule has 7 nitrogen and oxygen atoms in total. The number of likely N-dealkylation sites (N-methyl/N-ethyl adjacent to an activating group) is 1. The first-order valence-electron chi connectivity index (χ1n) is 10.7. The molecule has 1 atom stereocenters. The summed E-state index contributed by atoms with van der Waals surface area (Å²) in [6, 6.07) is 9.79. The second-order valence-corrected chi connectivity index (χ2v) is 9.07. The summed E-state index contributed by atoms with van der Waals surface area (Å²) >= 11 is 5.57. The van der Waals surface area contributed by atoms with Gasteiger partial charge in [0.1, 0.15) is 11.3 Å². The van der Waals surface area contributed by atoms with Crippen molar-refractivity contribution in [2.24, 2.45) is 0 Å². The number of aryl methyl sites for hydroxylation is 1. The smallest absolute Gasteiger partial charge is 0.417 e. The third-order valence-corrected chi connectivity index (χ3v) is 6.51. The highest BCUT2D eigenvalue weighted by Crippen LogP contribution is 2.41. The van der Waals surface area contributed by atoms with Gasteiger partial charge >= 0.3 is 6.18 Å². The maximum Gasteiger partial charge on any atom is 0.417 e. The molecule has 1 N–H and O–H groups in total. The molecule has 0 radical (unpaired) electrons. The second kappa shape index (κ2) is 8.53. The van der Waals surface area contributed by atoms with Crippen LogP contribution in [0.1, 0.15) is 37.0 Å². The number of amides is 2. The van der Waals surface area contributed by atoms with Gasteiger partial charge in [-0.25, -0.2) is 0 Å². The minimum absolute atomic E-state index is 0.0118. The van der Waals surface area contributed by atoms with Crippen molar-refractivity contribution in [3.8, 4) is 11.8 Å². The van der Waals surface area contributed by atoms with Crippen LogP contribution in [0, 0.1) is 11.3 Å². The standard InChI is InChI=1S/C24H21F3N4O3S/c1-23(2)21(33)30(15-6-4-14(12-28)17(11-15)24(25,26)27)22(35)31(23)16-7-9-18-13(10-16)5-8-19(34-18)20(32)29-3/h4,6-7,9-11,19H,5,8H2,1-3H3,(H,29,32). The zero-order valence-corrected chi connectivity index (χ0v) is 19.9. The predicted molar refractivity (Wildman–Crippen MR) is 126 cm³/mol. The molecule has 0 spiro atoms. The molecule has 1 fully saturated rings. The van der Waals surface area contributed by atoms with Crippen LogP contribution in [0.15, 0.2) is 36.4 Å². The number of carbonyl (C=O) groups excluding carboxylic acids is 2. The quantitative estimate of drug-likeness (QED) is 0.641. The summed E-state index contributed by atoms with van der Waals surface area (Å²) in [6.45, 7) is 3.26. The SMILES string of the molecule is CNC(=O)C1CCc2cc(N3C(=S)N(c4ccc(C#N)c(C(F)(F)F)c4)C(=O)C3(C)C)ccc2O1. The minimum atomic E-state index is -4.77. The number of rotatable bonds is 3. The van der Waals surface area contributed by atoms with Crippen molar-refractivity contribution >= 4 is 40.5 Å². The van der Waals surface area contributed by atoms with E-state index in [0.717, 1.165) is 22.6 Å². The van der Waals surface area contributed by atoms with Gasteiger partial charge in [0.2, 0.25) is 0 Å². The Hall–Kier alpha value is -3.65. The molecular formula is C24H21F3N4O3S. The number of halogens is 3. The number of nitrogens with one attached hydrogen (secondary N) is 1. The van der Waals surface area contributed by atoms with Crippen molar-refractivity contribution in [1.82, 2.24) is 5.32 Å². The lowest BCUT2D eigenvalue weighted by Gasteiger charge is -2.31. The minimum Gasteiger partial charge on any atom is -0.480 e. The van der Waals surface area contributed by atoms with E-state index in [4.69, 9.17) is 22.2 Å². The molecule has 1 unspecified atom stereocenters. The average Bonchev–Trinajstić information content (AvgIpc) is 3.00. The van der Waals surface area contributed by atoms with Crippen molar-refractivity contribution < 1.29 is 27.5 Å². The van der Waals surface area contributed by atoms with Crippen molar-refractivity contribution in [2.75, 3.05) is 16.8 Å². The molecule has 1 saturated heterocycles. The fraction of sp³-hybridized carbons (Fsp3) is 0.333. The normalized spacial score (nSPS) is 19.2. The van der Waals surface area contributed by atoms with Crippen LogP contribution in [0.2, 0.25) is 0 Å². The number of hydrogen-bond donors (Lipinski definition) is 1. The van der Waals surface area contributed by atoms with Gasteiger partial charge in [-0.2, -0.15) is 18.4 Å². The largest absolute Gasteiger partial charge is 0.480 e. The summed E-state index contributed by atoms with van der Waals surface area (Å²) in [6.07, 6.45) is -4.34.